The number of carbonyl (C=O) groups is 1. The van der Waals surface area contributed by atoms with E-state index in [1.54, 1.807) is 6.08 Å². The van der Waals surface area contributed by atoms with Gasteiger partial charge >= 0.3 is 0 Å². The number of unbranched alkanes of at least 4 members (excludes halogenated alkanes) is 21. The Morgan fingerprint density at radius 1 is 0.440 bits per heavy atom. The molecule has 0 saturated carbocycles. The van der Waals surface area contributed by atoms with E-state index < -0.39 is 124 Å². The van der Waals surface area contributed by atoms with Crippen LogP contribution in [-0.2, 0) is 33.2 Å². The minimum atomic E-state index is -1.99. The highest BCUT2D eigenvalue weighted by atomic mass is 16.8. The number of aliphatic hydroxyl groups excluding tert-OH is 11. The van der Waals surface area contributed by atoms with Gasteiger partial charge in [-0.2, -0.15) is 0 Å². The van der Waals surface area contributed by atoms with E-state index in [9.17, 15) is 61.0 Å². The summed E-state index contributed by atoms with van der Waals surface area (Å²) in [6, 6.07) is -1.02. The Hall–Kier alpha value is -2.77. The fraction of sp³-hybridized carbons (Fsp3) is 0.800. The molecule has 486 valence electrons. The zero-order valence-corrected chi connectivity index (χ0v) is 50.9. The number of hydrogen-bond acceptors (Lipinski definition) is 18. The Balaban J connectivity index is 1.49. The maximum absolute atomic E-state index is 13.3. The van der Waals surface area contributed by atoms with Crippen LogP contribution in [-0.4, -0.2) is 193 Å². The summed E-state index contributed by atoms with van der Waals surface area (Å²) >= 11 is 0. The van der Waals surface area contributed by atoms with E-state index in [0.29, 0.717) is 12.8 Å². The molecule has 0 aromatic rings. The molecule has 19 nitrogen and oxygen atoms in total. The smallest absolute Gasteiger partial charge is 0.220 e. The molecule has 19 heteroatoms. The minimum absolute atomic E-state index is 0.180. The van der Waals surface area contributed by atoms with Crippen molar-refractivity contribution in [2.45, 2.75) is 304 Å². The summed E-state index contributed by atoms with van der Waals surface area (Å²) < 4.78 is 34.2. The van der Waals surface area contributed by atoms with Gasteiger partial charge in [0.1, 0.15) is 73.2 Å². The van der Waals surface area contributed by atoms with E-state index in [2.05, 4.69) is 79.9 Å². The van der Waals surface area contributed by atoms with Gasteiger partial charge in [-0.1, -0.05) is 196 Å². The van der Waals surface area contributed by atoms with Crippen LogP contribution in [0.4, 0.5) is 0 Å². The van der Waals surface area contributed by atoms with Crippen LogP contribution in [0.3, 0.4) is 0 Å². The van der Waals surface area contributed by atoms with Crippen molar-refractivity contribution in [1.82, 2.24) is 5.32 Å². The first kappa shape index (κ1) is 75.5. The maximum Gasteiger partial charge on any atom is 0.220 e. The quantitative estimate of drug-likeness (QED) is 0.0216. The first-order chi connectivity index (χ1) is 40.8. The van der Waals surface area contributed by atoms with Gasteiger partial charge in [-0.15, -0.1) is 0 Å². The van der Waals surface area contributed by atoms with Gasteiger partial charge < -0.3 is 89.9 Å². The van der Waals surface area contributed by atoms with Crippen LogP contribution in [0.15, 0.2) is 72.9 Å². The molecule has 1 amide bonds. The van der Waals surface area contributed by atoms with Crippen LogP contribution in [0.5, 0.6) is 0 Å². The lowest BCUT2D eigenvalue weighted by Crippen LogP contribution is -2.66. The second-order valence-corrected chi connectivity index (χ2v) is 22.8. The van der Waals surface area contributed by atoms with Crippen molar-refractivity contribution in [3.8, 4) is 0 Å². The first-order valence-electron chi connectivity index (χ1n) is 32.2. The third-order valence-electron chi connectivity index (χ3n) is 15.7. The first-order valence-corrected chi connectivity index (χ1v) is 32.2. The van der Waals surface area contributed by atoms with Crippen molar-refractivity contribution in [2.24, 2.45) is 0 Å². The number of ether oxygens (including phenoxy) is 6. The van der Waals surface area contributed by atoms with Crippen molar-refractivity contribution in [2.75, 3.05) is 26.4 Å². The molecule has 3 fully saturated rings. The number of rotatable bonds is 47. The summed E-state index contributed by atoms with van der Waals surface area (Å²) in [5.41, 5.74) is 0. The second kappa shape index (κ2) is 47.3. The standard InChI is InChI=1S/C65H113NO18/c1-3-5-7-9-11-13-15-17-19-20-21-22-23-24-25-26-27-29-30-32-34-36-38-40-42-49(70)48(66-53(71)43-41-39-37-35-33-31-28-18-16-14-12-10-8-6-4-2)47-79-63-59(77)56(74)61(51(45-68)81-63)84-65-60(78)57(75)62(52(46-69)82-65)83-64-58(76)55(73)54(72)50(44-67)80-64/h6,8,12,14,18,28,32-35,40,42,48-52,54-65,67-70,72-78H,3-5,7,9-11,13,15-17,19-27,29-31,36-39,41,43-47H2,1-2H3,(H,66,71)/b8-6-,14-12-,28-18-,34-32+,35-33-,42-40+. The zero-order chi connectivity index (χ0) is 61.2. The third-order valence-corrected chi connectivity index (χ3v) is 15.7. The summed E-state index contributed by atoms with van der Waals surface area (Å²) in [7, 11) is 0. The van der Waals surface area contributed by atoms with Gasteiger partial charge in [0.25, 0.3) is 0 Å². The predicted octanol–water partition coefficient (Wildman–Crippen LogP) is 6.99. The topological polar surface area (TPSA) is 307 Å². The molecule has 3 rings (SSSR count). The normalized spacial score (nSPS) is 29.7. The Morgan fingerprint density at radius 2 is 0.833 bits per heavy atom. The molecule has 84 heavy (non-hydrogen) atoms. The molecule has 17 atom stereocenters. The summed E-state index contributed by atoms with van der Waals surface area (Å²) in [6.07, 6.45) is 30.4. The molecule has 0 aromatic carbocycles. The minimum Gasteiger partial charge on any atom is -0.394 e. The molecule has 3 heterocycles. The number of nitrogens with one attached hydrogen (secondary N) is 1. The molecule has 3 aliphatic rings. The van der Waals surface area contributed by atoms with Gasteiger partial charge in [-0.05, 0) is 70.6 Å². The van der Waals surface area contributed by atoms with E-state index >= 15 is 0 Å². The largest absolute Gasteiger partial charge is 0.394 e. The number of aliphatic hydroxyl groups is 11. The van der Waals surface area contributed by atoms with E-state index in [1.165, 1.54) is 109 Å². The molecular formula is C65H113NO18. The number of allylic oxidation sites excluding steroid dienone is 11. The van der Waals surface area contributed by atoms with E-state index in [0.717, 1.165) is 57.8 Å². The lowest BCUT2D eigenvalue weighted by molar-refractivity contribution is -0.379. The lowest BCUT2D eigenvalue weighted by atomic mass is 9.96. The molecule has 3 aliphatic heterocycles. The maximum atomic E-state index is 13.3. The molecule has 12 N–H and O–H groups in total. The van der Waals surface area contributed by atoms with Crippen LogP contribution in [0, 0.1) is 0 Å². The zero-order valence-electron chi connectivity index (χ0n) is 50.9. The van der Waals surface area contributed by atoms with Gasteiger partial charge in [-0.3, -0.25) is 4.79 Å². The predicted molar refractivity (Wildman–Crippen MR) is 323 cm³/mol. The van der Waals surface area contributed by atoms with Gasteiger partial charge in [0.05, 0.1) is 38.6 Å². The third kappa shape index (κ3) is 30.0. The molecular weight excluding hydrogens is 1080 g/mol. The Bertz CT molecular complexity index is 1810. The highest BCUT2D eigenvalue weighted by molar-refractivity contribution is 5.76. The monoisotopic (exact) mass is 1200 g/mol. The van der Waals surface area contributed by atoms with Gasteiger partial charge in [0, 0.05) is 6.42 Å². The molecule has 0 bridgehead atoms. The van der Waals surface area contributed by atoms with Crippen LogP contribution in [0.1, 0.15) is 200 Å². The van der Waals surface area contributed by atoms with E-state index in [1.807, 2.05) is 6.08 Å². The fourth-order valence-electron chi connectivity index (χ4n) is 10.5. The molecule has 0 radical (unpaired) electrons. The Morgan fingerprint density at radius 3 is 1.33 bits per heavy atom. The molecule has 0 aromatic heterocycles. The molecule has 0 spiro atoms. The van der Waals surface area contributed by atoms with Crippen molar-refractivity contribution in [3.05, 3.63) is 72.9 Å². The van der Waals surface area contributed by atoms with Crippen molar-refractivity contribution >= 4 is 5.91 Å². The number of amides is 1. The summed E-state index contributed by atoms with van der Waals surface area (Å²) in [5, 5.41) is 120. The van der Waals surface area contributed by atoms with Gasteiger partial charge in [0.2, 0.25) is 5.91 Å². The highest BCUT2D eigenvalue weighted by Gasteiger charge is 2.53. The molecule has 0 aliphatic carbocycles. The average Bonchev–Trinajstić information content (AvgIpc) is 2.81. The van der Waals surface area contributed by atoms with Crippen molar-refractivity contribution in [3.63, 3.8) is 0 Å². The van der Waals surface area contributed by atoms with Gasteiger partial charge in [0.15, 0.2) is 18.9 Å². The van der Waals surface area contributed by atoms with E-state index in [4.69, 9.17) is 28.4 Å². The van der Waals surface area contributed by atoms with Crippen LogP contribution >= 0.6 is 0 Å². The Kier molecular flexibility index (Phi) is 42.5. The summed E-state index contributed by atoms with van der Waals surface area (Å²) in [5.74, 6) is -0.328. The van der Waals surface area contributed by atoms with Crippen LogP contribution in [0.25, 0.3) is 0 Å². The summed E-state index contributed by atoms with van der Waals surface area (Å²) in [4.78, 5) is 13.3. The lowest BCUT2D eigenvalue weighted by Gasteiger charge is -2.48. The van der Waals surface area contributed by atoms with E-state index in [-0.39, 0.29) is 18.9 Å². The Labute approximate surface area is 502 Å². The summed E-state index contributed by atoms with van der Waals surface area (Å²) in [6.45, 7) is 1.55. The average molecular weight is 1200 g/mol. The molecule has 3 saturated heterocycles. The number of hydrogen-bond donors (Lipinski definition) is 12. The number of carbonyl (C=O) groups excluding carboxylic acids is 1. The SMILES string of the molecule is CC/C=C\C/C=C\C/C=C\C/C=C\CCCCC(=O)NC(COC1OC(CO)C(OC2OC(CO)C(OC3OC(CO)C(O)C(O)C3O)C(O)C2O)C(O)C1O)C(O)/C=C/CC/C=C/CCCCCCCCCCCCCCCCCCCC. The van der Waals surface area contributed by atoms with Gasteiger partial charge in [-0.25, -0.2) is 0 Å². The highest BCUT2D eigenvalue weighted by Crippen LogP contribution is 2.33. The van der Waals surface area contributed by atoms with Crippen molar-refractivity contribution < 1.29 is 89.4 Å². The van der Waals surface area contributed by atoms with Crippen molar-refractivity contribution in [1.29, 1.82) is 0 Å². The van der Waals surface area contributed by atoms with Crippen LogP contribution in [0.2, 0.25) is 0 Å². The van der Waals surface area contributed by atoms with Crippen LogP contribution < -0.4 is 5.32 Å². The second-order valence-electron chi connectivity index (χ2n) is 22.8. The molecule has 17 unspecified atom stereocenters. The fourth-order valence-corrected chi connectivity index (χ4v) is 10.5.